The van der Waals surface area contributed by atoms with Crippen LogP contribution in [0.15, 0.2) is 52.9 Å². The first-order valence-electron chi connectivity index (χ1n) is 7.99. The van der Waals surface area contributed by atoms with Gasteiger partial charge in [0.1, 0.15) is 15.7 Å². The predicted octanol–water partition coefficient (Wildman–Crippen LogP) is 3.77. The number of halogens is 1. The number of hydrogen-bond donors (Lipinski definition) is 1. The fourth-order valence-corrected chi connectivity index (χ4v) is 5.62. The van der Waals surface area contributed by atoms with Gasteiger partial charge in [-0.1, -0.05) is 35.6 Å². The molecule has 1 atom stereocenters. The second-order valence-corrected chi connectivity index (χ2v) is 9.23. The van der Waals surface area contributed by atoms with E-state index in [2.05, 4.69) is 15.3 Å². The molecular formula is C18H16FN3O3S2. The highest BCUT2D eigenvalue weighted by Crippen LogP contribution is 2.36. The van der Waals surface area contributed by atoms with Gasteiger partial charge in [0.05, 0.1) is 10.9 Å². The second kappa shape index (κ2) is 7.53. The lowest BCUT2D eigenvalue weighted by molar-refractivity contribution is 0.102. The highest BCUT2D eigenvalue weighted by molar-refractivity contribution is 7.93. The fraction of sp³-hybridized carbons (Fsp3) is 0.167. The smallest absolute Gasteiger partial charge is 0.276 e. The molecular weight excluding hydrogens is 389 g/mol. The van der Waals surface area contributed by atoms with E-state index in [9.17, 15) is 17.6 Å². The van der Waals surface area contributed by atoms with Gasteiger partial charge >= 0.3 is 0 Å². The van der Waals surface area contributed by atoms with E-state index in [1.165, 1.54) is 44.3 Å². The van der Waals surface area contributed by atoms with E-state index >= 15 is 0 Å². The molecule has 6 nitrogen and oxygen atoms in total. The molecule has 3 rings (SSSR count). The molecule has 2 heterocycles. The Balaban J connectivity index is 1.89. The van der Waals surface area contributed by atoms with Crippen LogP contribution in [-0.4, -0.2) is 24.3 Å². The van der Waals surface area contributed by atoms with E-state index < -0.39 is 26.8 Å². The molecule has 0 saturated carbocycles. The van der Waals surface area contributed by atoms with E-state index in [-0.39, 0.29) is 26.3 Å². The number of aromatic nitrogens is 2. The first kappa shape index (κ1) is 19.1. The molecule has 2 aromatic heterocycles. The molecule has 1 aromatic carbocycles. The Morgan fingerprint density at radius 2 is 1.89 bits per heavy atom. The van der Waals surface area contributed by atoms with Crippen molar-refractivity contribution in [1.29, 1.82) is 0 Å². The zero-order valence-electron chi connectivity index (χ0n) is 14.5. The van der Waals surface area contributed by atoms with Gasteiger partial charge in [0.15, 0.2) is 15.0 Å². The number of sulfone groups is 1. The molecule has 0 aliphatic carbocycles. The molecule has 0 saturated heterocycles. The molecule has 0 radical (unpaired) electrons. The molecule has 9 heteroatoms. The van der Waals surface area contributed by atoms with E-state index in [1.54, 1.807) is 18.2 Å². The Hall–Kier alpha value is -2.65. The van der Waals surface area contributed by atoms with Gasteiger partial charge in [-0.05, 0) is 32.0 Å². The topological polar surface area (TPSA) is 89.0 Å². The molecule has 27 heavy (non-hydrogen) atoms. The Kier molecular flexibility index (Phi) is 5.33. The number of benzene rings is 1. The van der Waals surface area contributed by atoms with E-state index in [0.29, 0.717) is 0 Å². The van der Waals surface area contributed by atoms with Gasteiger partial charge in [0, 0.05) is 11.8 Å². The number of aryl methyl sites for hydroxylation is 1. The summed E-state index contributed by atoms with van der Waals surface area (Å²) in [7, 11) is -3.88. The number of amides is 1. The monoisotopic (exact) mass is 405 g/mol. The van der Waals surface area contributed by atoms with Crippen LogP contribution in [0, 0.1) is 12.7 Å². The minimum atomic E-state index is -3.88. The van der Waals surface area contributed by atoms with Crippen molar-refractivity contribution >= 4 is 32.2 Å². The summed E-state index contributed by atoms with van der Waals surface area (Å²) < 4.78 is 39.9. The maximum Gasteiger partial charge on any atom is 0.276 e. The molecule has 0 fully saturated rings. The average molecular weight is 405 g/mol. The van der Waals surface area contributed by atoms with Gasteiger partial charge in [-0.2, -0.15) is 0 Å². The minimum Gasteiger partial charge on any atom is -0.296 e. The second-order valence-electron chi connectivity index (χ2n) is 5.77. The van der Waals surface area contributed by atoms with Crippen molar-refractivity contribution in [3.63, 3.8) is 0 Å². The standard InChI is InChI=1S/C18H16FN3O3S2/c1-11-17(27(24,25)12(2)13-7-3-4-8-14(13)19)26-18(21-11)22-16(23)15-9-5-6-10-20-15/h3-10,12H,1-2H3,(H,21,22,23). The Bertz CT molecular complexity index is 1080. The number of thiazole rings is 1. The Morgan fingerprint density at radius 3 is 2.56 bits per heavy atom. The van der Waals surface area contributed by atoms with Crippen molar-refractivity contribution in [2.24, 2.45) is 0 Å². The molecule has 0 bridgehead atoms. The van der Waals surface area contributed by atoms with Gasteiger partial charge in [0.2, 0.25) is 0 Å². The zero-order valence-corrected chi connectivity index (χ0v) is 16.1. The van der Waals surface area contributed by atoms with Crippen LogP contribution >= 0.6 is 11.3 Å². The Morgan fingerprint density at radius 1 is 1.19 bits per heavy atom. The highest BCUT2D eigenvalue weighted by atomic mass is 32.2. The van der Waals surface area contributed by atoms with Crippen molar-refractivity contribution in [2.45, 2.75) is 23.3 Å². The summed E-state index contributed by atoms with van der Waals surface area (Å²) in [6, 6.07) is 10.6. The van der Waals surface area contributed by atoms with E-state index in [1.807, 2.05) is 0 Å². The summed E-state index contributed by atoms with van der Waals surface area (Å²) in [5.74, 6) is -1.07. The minimum absolute atomic E-state index is 0.00502. The summed E-state index contributed by atoms with van der Waals surface area (Å²) >= 11 is 0.837. The largest absolute Gasteiger partial charge is 0.296 e. The van der Waals surface area contributed by atoms with Gasteiger partial charge in [-0.3, -0.25) is 15.1 Å². The summed E-state index contributed by atoms with van der Waals surface area (Å²) in [4.78, 5) is 20.2. The molecule has 0 spiro atoms. The average Bonchev–Trinajstić information content (AvgIpc) is 3.03. The van der Waals surface area contributed by atoms with Crippen LogP contribution in [0.5, 0.6) is 0 Å². The van der Waals surface area contributed by atoms with Crippen molar-refractivity contribution in [2.75, 3.05) is 5.32 Å². The summed E-state index contributed by atoms with van der Waals surface area (Å²) in [5, 5.41) is 1.60. The van der Waals surface area contributed by atoms with Gasteiger partial charge in [0.25, 0.3) is 5.91 Å². The molecule has 1 unspecified atom stereocenters. The SMILES string of the molecule is Cc1nc(NC(=O)c2ccccn2)sc1S(=O)(=O)C(C)c1ccccc1F. The van der Waals surface area contributed by atoms with Crippen molar-refractivity contribution in [3.05, 3.63) is 71.4 Å². The lowest BCUT2D eigenvalue weighted by Crippen LogP contribution is -2.13. The summed E-state index contributed by atoms with van der Waals surface area (Å²) in [6.07, 6.45) is 1.48. The highest BCUT2D eigenvalue weighted by Gasteiger charge is 2.31. The number of carbonyl (C=O) groups excluding carboxylic acids is 1. The van der Waals surface area contributed by atoms with Crippen molar-refractivity contribution in [3.8, 4) is 0 Å². The maximum atomic E-state index is 14.0. The van der Waals surface area contributed by atoms with Crippen LogP contribution in [0.2, 0.25) is 0 Å². The number of nitrogens with zero attached hydrogens (tertiary/aromatic N) is 2. The molecule has 140 valence electrons. The third-order valence-corrected chi connectivity index (χ3v) is 7.75. The molecule has 0 aliphatic heterocycles. The molecule has 3 aromatic rings. The third kappa shape index (κ3) is 3.88. The molecule has 1 N–H and O–H groups in total. The predicted molar refractivity (Wildman–Crippen MR) is 101 cm³/mol. The van der Waals surface area contributed by atoms with Crippen LogP contribution in [0.25, 0.3) is 0 Å². The van der Waals surface area contributed by atoms with Gasteiger partial charge < -0.3 is 0 Å². The van der Waals surface area contributed by atoms with E-state index in [0.717, 1.165) is 11.3 Å². The van der Waals surface area contributed by atoms with Crippen LogP contribution in [-0.2, 0) is 9.84 Å². The maximum absolute atomic E-state index is 14.0. The number of anilines is 1. The van der Waals surface area contributed by atoms with Crippen LogP contribution in [0.3, 0.4) is 0 Å². The number of nitrogens with one attached hydrogen (secondary N) is 1. The van der Waals surface area contributed by atoms with Crippen LogP contribution in [0.4, 0.5) is 9.52 Å². The first-order chi connectivity index (χ1) is 12.8. The summed E-state index contributed by atoms with van der Waals surface area (Å²) in [6.45, 7) is 2.97. The molecule has 1 amide bonds. The lowest BCUT2D eigenvalue weighted by atomic mass is 10.1. The van der Waals surface area contributed by atoms with Crippen molar-refractivity contribution < 1.29 is 17.6 Å². The third-order valence-electron chi connectivity index (χ3n) is 3.94. The first-order valence-corrected chi connectivity index (χ1v) is 10.3. The molecule has 0 aliphatic rings. The van der Waals surface area contributed by atoms with Gasteiger partial charge in [-0.25, -0.2) is 17.8 Å². The number of pyridine rings is 1. The summed E-state index contributed by atoms with van der Waals surface area (Å²) in [5.41, 5.74) is 0.526. The number of carbonyl (C=O) groups is 1. The normalized spacial score (nSPS) is 12.6. The van der Waals surface area contributed by atoms with Crippen molar-refractivity contribution in [1.82, 2.24) is 9.97 Å². The Labute approximate surface area is 160 Å². The van der Waals surface area contributed by atoms with Gasteiger partial charge in [-0.15, -0.1) is 0 Å². The van der Waals surface area contributed by atoms with E-state index in [4.69, 9.17) is 0 Å². The lowest BCUT2D eigenvalue weighted by Gasteiger charge is -2.13. The number of hydrogen-bond acceptors (Lipinski definition) is 6. The quantitative estimate of drug-likeness (QED) is 0.698. The fourth-order valence-electron chi connectivity index (χ4n) is 2.49. The zero-order chi connectivity index (χ0) is 19.6. The number of rotatable bonds is 5. The van der Waals surface area contributed by atoms with Crippen LogP contribution in [0.1, 0.15) is 33.9 Å². The van der Waals surface area contributed by atoms with Crippen LogP contribution < -0.4 is 5.32 Å².